The maximum atomic E-state index is 3.66. The van der Waals surface area contributed by atoms with Crippen LogP contribution in [0.1, 0.15) is 30.7 Å². The second-order valence-electron chi connectivity index (χ2n) is 4.63. The van der Waals surface area contributed by atoms with E-state index < -0.39 is 0 Å². The van der Waals surface area contributed by atoms with E-state index in [1.165, 1.54) is 31.4 Å². The normalized spacial score (nSPS) is 30.3. The number of rotatable bonds is 4. The molecule has 2 aliphatic carbocycles. The van der Waals surface area contributed by atoms with Crippen molar-refractivity contribution in [1.29, 1.82) is 0 Å². The maximum absolute atomic E-state index is 3.66. The van der Waals surface area contributed by atoms with Crippen LogP contribution in [0.5, 0.6) is 0 Å². The molecule has 1 aromatic rings. The van der Waals surface area contributed by atoms with Gasteiger partial charge in [0, 0.05) is 12.0 Å². The van der Waals surface area contributed by atoms with Gasteiger partial charge in [-0.15, -0.1) is 0 Å². The van der Waals surface area contributed by atoms with Gasteiger partial charge in [-0.05, 0) is 43.4 Å². The van der Waals surface area contributed by atoms with Crippen LogP contribution in [0, 0.1) is 12.0 Å². The fourth-order valence-electron chi connectivity index (χ4n) is 2.08. The van der Waals surface area contributed by atoms with Crippen molar-refractivity contribution in [2.75, 3.05) is 6.54 Å². The highest BCUT2D eigenvalue weighted by Crippen LogP contribution is 2.41. The molecule has 2 atom stereocenters. The lowest BCUT2D eigenvalue weighted by molar-refractivity contribution is 0.625. The minimum Gasteiger partial charge on any atom is -0.313 e. The number of hydrogen-bond acceptors (Lipinski definition) is 1. The van der Waals surface area contributed by atoms with Crippen LogP contribution < -0.4 is 5.32 Å². The lowest BCUT2D eigenvalue weighted by Crippen LogP contribution is -2.20. The molecule has 0 aromatic heterocycles. The predicted octanol–water partition coefficient (Wildman–Crippen LogP) is 2.34. The molecule has 2 saturated carbocycles. The van der Waals surface area contributed by atoms with Gasteiger partial charge in [-0.1, -0.05) is 24.3 Å². The standard InChI is InChI=1S/C13H16N/c1-2-4-11(5-3-1)12-8-13(12)14-9-10-6-7-10/h2-5,10,12-14H,6-9H2. The lowest BCUT2D eigenvalue weighted by atomic mass is 10.1. The smallest absolute Gasteiger partial charge is 0.0143 e. The highest BCUT2D eigenvalue weighted by molar-refractivity contribution is 5.27. The van der Waals surface area contributed by atoms with Crippen LogP contribution in [-0.2, 0) is 0 Å². The fraction of sp³-hybridized carbons (Fsp3) is 0.538. The van der Waals surface area contributed by atoms with Gasteiger partial charge in [-0.3, -0.25) is 0 Å². The van der Waals surface area contributed by atoms with Crippen LogP contribution in [0.2, 0.25) is 0 Å². The van der Waals surface area contributed by atoms with E-state index in [9.17, 15) is 0 Å². The van der Waals surface area contributed by atoms with Crippen LogP contribution in [0.25, 0.3) is 0 Å². The fourth-order valence-corrected chi connectivity index (χ4v) is 2.08. The van der Waals surface area contributed by atoms with Crippen molar-refractivity contribution in [2.45, 2.75) is 31.2 Å². The molecule has 0 heterocycles. The van der Waals surface area contributed by atoms with Crippen molar-refractivity contribution in [3.8, 4) is 0 Å². The third-order valence-electron chi connectivity index (χ3n) is 3.33. The molecule has 0 amide bonds. The molecule has 0 spiro atoms. The van der Waals surface area contributed by atoms with E-state index in [-0.39, 0.29) is 0 Å². The molecular weight excluding hydrogens is 170 g/mol. The first-order valence-electron chi connectivity index (χ1n) is 5.63. The Morgan fingerprint density at radius 3 is 2.79 bits per heavy atom. The van der Waals surface area contributed by atoms with Gasteiger partial charge < -0.3 is 5.32 Å². The Morgan fingerprint density at radius 2 is 2.07 bits per heavy atom. The summed E-state index contributed by atoms with van der Waals surface area (Å²) in [6.07, 6.45) is 4.23. The van der Waals surface area contributed by atoms with Gasteiger partial charge in [-0.25, -0.2) is 0 Å². The van der Waals surface area contributed by atoms with Crippen LogP contribution in [0.3, 0.4) is 0 Å². The van der Waals surface area contributed by atoms with Gasteiger partial charge in [0.05, 0.1) is 0 Å². The average molecular weight is 186 g/mol. The SMILES string of the molecule is [c]1ccc(C2CC2NCC2CC2)cc1. The van der Waals surface area contributed by atoms with Gasteiger partial charge in [-0.2, -0.15) is 0 Å². The molecule has 1 aromatic carbocycles. The molecule has 1 radical (unpaired) electrons. The summed E-state index contributed by atoms with van der Waals surface area (Å²) in [4.78, 5) is 0. The van der Waals surface area contributed by atoms with Gasteiger partial charge >= 0.3 is 0 Å². The van der Waals surface area contributed by atoms with Crippen molar-refractivity contribution >= 4 is 0 Å². The Hall–Kier alpha value is -0.820. The molecular formula is C13H16N. The van der Waals surface area contributed by atoms with Crippen molar-refractivity contribution in [3.05, 3.63) is 35.9 Å². The molecule has 14 heavy (non-hydrogen) atoms. The van der Waals surface area contributed by atoms with Gasteiger partial charge in [0.2, 0.25) is 0 Å². The summed E-state index contributed by atoms with van der Waals surface area (Å²) in [5.74, 6) is 1.78. The number of benzene rings is 1. The monoisotopic (exact) mass is 186 g/mol. The molecule has 1 heteroatoms. The second kappa shape index (κ2) is 3.39. The number of hydrogen-bond donors (Lipinski definition) is 1. The molecule has 73 valence electrons. The van der Waals surface area contributed by atoms with Crippen LogP contribution >= 0.6 is 0 Å². The van der Waals surface area contributed by atoms with Crippen molar-refractivity contribution in [2.24, 2.45) is 5.92 Å². The van der Waals surface area contributed by atoms with E-state index in [0.29, 0.717) is 0 Å². The predicted molar refractivity (Wildman–Crippen MR) is 57.2 cm³/mol. The molecule has 2 fully saturated rings. The van der Waals surface area contributed by atoms with E-state index in [2.05, 4.69) is 23.5 Å². The highest BCUT2D eigenvalue weighted by Gasteiger charge is 2.38. The Kier molecular flexibility index (Phi) is 2.06. The molecule has 0 aliphatic heterocycles. The molecule has 0 bridgehead atoms. The van der Waals surface area contributed by atoms with Crippen molar-refractivity contribution in [3.63, 3.8) is 0 Å². The third-order valence-corrected chi connectivity index (χ3v) is 3.33. The van der Waals surface area contributed by atoms with E-state index in [4.69, 9.17) is 0 Å². The lowest BCUT2D eigenvalue weighted by Gasteiger charge is -2.02. The molecule has 0 saturated heterocycles. The van der Waals surface area contributed by atoms with E-state index in [1.807, 2.05) is 12.1 Å². The Morgan fingerprint density at radius 1 is 1.29 bits per heavy atom. The summed E-state index contributed by atoms with van der Waals surface area (Å²) in [5.41, 5.74) is 1.48. The largest absolute Gasteiger partial charge is 0.313 e. The Bertz CT molecular complexity index is 302. The zero-order chi connectivity index (χ0) is 9.38. The topological polar surface area (TPSA) is 12.0 Å². The van der Waals surface area contributed by atoms with Crippen LogP contribution in [0.4, 0.5) is 0 Å². The van der Waals surface area contributed by atoms with E-state index in [0.717, 1.165) is 17.9 Å². The first-order valence-corrected chi connectivity index (χ1v) is 5.63. The van der Waals surface area contributed by atoms with Gasteiger partial charge in [0.15, 0.2) is 0 Å². The highest BCUT2D eigenvalue weighted by atomic mass is 15.0. The summed E-state index contributed by atoms with van der Waals surface area (Å²) in [6, 6.07) is 12.3. The molecule has 1 N–H and O–H groups in total. The zero-order valence-corrected chi connectivity index (χ0v) is 8.37. The van der Waals surface area contributed by atoms with E-state index in [1.54, 1.807) is 0 Å². The van der Waals surface area contributed by atoms with Crippen LogP contribution in [-0.4, -0.2) is 12.6 Å². The van der Waals surface area contributed by atoms with E-state index >= 15 is 0 Å². The molecule has 3 rings (SSSR count). The van der Waals surface area contributed by atoms with Crippen molar-refractivity contribution < 1.29 is 0 Å². The first kappa shape index (κ1) is 8.49. The van der Waals surface area contributed by atoms with Gasteiger partial charge in [0.25, 0.3) is 0 Å². The Balaban J connectivity index is 1.52. The minimum atomic E-state index is 0.762. The molecule has 2 unspecified atom stereocenters. The second-order valence-corrected chi connectivity index (χ2v) is 4.63. The quantitative estimate of drug-likeness (QED) is 0.761. The average Bonchev–Trinajstić information content (AvgIpc) is 3.12. The maximum Gasteiger partial charge on any atom is 0.0143 e. The number of nitrogens with one attached hydrogen (secondary N) is 1. The Labute approximate surface area is 85.5 Å². The summed E-state index contributed by atoms with van der Waals surface area (Å²) < 4.78 is 0. The van der Waals surface area contributed by atoms with Gasteiger partial charge in [0.1, 0.15) is 0 Å². The zero-order valence-electron chi connectivity index (χ0n) is 8.37. The molecule has 2 aliphatic rings. The summed E-state index contributed by atoms with van der Waals surface area (Å²) in [6.45, 7) is 1.25. The minimum absolute atomic E-state index is 0.762. The van der Waals surface area contributed by atoms with Crippen molar-refractivity contribution in [1.82, 2.24) is 5.32 Å². The molecule has 1 nitrogen and oxygen atoms in total. The summed E-state index contributed by atoms with van der Waals surface area (Å²) >= 11 is 0. The first-order chi connectivity index (χ1) is 6.93. The summed E-state index contributed by atoms with van der Waals surface area (Å²) in [5, 5.41) is 3.66. The third kappa shape index (κ3) is 1.83. The summed E-state index contributed by atoms with van der Waals surface area (Å²) in [7, 11) is 0. The van der Waals surface area contributed by atoms with Crippen LogP contribution in [0.15, 0.2) is 24.3 Å².